The summed E-state index contributed by atoms with van der Waals surface area (Å²) < 4.78 is 1.81. The van der Waals surface area contributed by atoms with Gasteiger partial charge in [0.25, 0.3) is 0 Å². The van der Waals surface area contributed by atoms with E-state index in [0.29, 0.717) is 12.5 Å². The number of rotatable bonds is 3. The average molecular weight is 266 g/mol. The summed E-state index contributed by atoms with van der Waals surface area (Å²) in [4.78, 5) is 13.7. The van der Waals surface area contributed by atoms with Crippen LogP contribution in [0.25, 0.3) is 4.96 Å². The molecule has 1 fully saturated rings. The zero-order valence-corrected chi connectivity index (χ0v) is 11.1. The topological polar surface area (TPSA) is 75.4 Å². The van der Waals surface area contributed by atoms with Crippen LogP contribution in [-0.2, 0) is 6.54 Å². The summed E-state index contributed by atoms with van der Waals surface area (Å²) in [6, 6.07) is -0.122. The second-order valence-corrected chi connectivity index (χ2v) is 5.62. The lowest BCUT2D eigenvalue weighted by atomic mass is 10.4. The van der Waals surface area contributed by atoms with E-state index in [9.17, 15) is 4.79 Å². The van der Waals surface area contributed by atoms with E-state index in [2.05, 4.69) is 20.6 Å². The lowest BCUT2D eigenvalue weighted by Gasteiger charge is -2.10. The van der Waals surface area contributed by atoms with Crippen LogP contribution < -0.4 is 5.32 Å². The van der Waals surface area contributed by atoms with Crippen LogP contribution in [0, 0.1) is 0 Å². The minimum atomic E-state index is -0.122. The van der Waals surface area contributed by atoms with Crippen molar-refractivity contribution in [1.29, 1.82) is 0 Å². The highest BCUT2D eigenvalue weighted by molar-refractivity contribution is 7.16. The van der Waals surface area contributed by atoms with Crippen LogP contribution in [0.5, 0.6) is 0 Å². The first-order chi connectivity index (χ1) is 8.65. The molecule has 0 spiro atoms. The molecule has 2 heterocycles. The molecule has 1 N–H and O–H groups in total. The lowest BCUT2D eigenvalue weighted by molar-refractivity contribution is 0.217. The zero-order valence-electron chi connectivity index (χ0n) is 10.3. The molecule has 0 saturated heterocycles. The van der Waals surface area contributed by atoms with Crippen molar-refractivity contribution in [1.82, 2.24) is 30.0 Å². The van der Waals surface area contributed by atoms with Gasteiger partial charge in [-0.05, 0) is 12.8 Å². The summed E-state index contributed by atoms with van der Waals surface area (Å²) in [6.45, 7) is 0.426. The highest BCUT2D eigenvalue weighted by Crippen LogP contribution is 2.39. The van der Waals surface area contributed by atoms with Crippen LogP contribution in [0.1, 0.15) is 29.6 Å². The Morgan fingerprint density at radius 3 is 2.94 bits per heavy atom. The molecule has 3 rings (SSSR count). The quantitative estimate of drug-likeness (QED) is 0.893. The van der Waals surface area contributed by atoms with Crippen molar-refractivity contribution in [2.45, 2.75) is 25.3 Å². The number of amides is 2. The monoisotopic (exact) mass is 266 g/mol. The summed E-state index contributed by atoms with van der Waals surface area (Å²) in [5.41, 5.74) is 0. The number of carbonyl (C=O) groups excluding carboxylic acids is 1. The third-order valence-corrected chi connectivity index (χ3v) is 3.70. The minimum absolute atomic E-state index is 0.122. The molecule has 0 unspecified atom stereocenters. The van der Waals surface area contributed by atoms with Gasteiger partial charge in [0.15, 0.2) is 5.82 Å². The fourth-order valence-corrected chi connectivity index (χ4v) is 2.43. The number of nitrogens with zero attached hydrogens (tertiary/aromatic N) is 5. The van der Waals surface area contributed by atoms with Crippen LogP contribution in [0.15, 0.2) is 0 Å². The number of nitrogens with one attached hydrogen (secondary N) is 1. The molecule has 0 radical (unpaired) electrons. The molecule has 0 atom stereocenters. The molecule has 0 bridgehead atoms. The lowest BCUT2D eigenvalue weighted by Crippen LogP contribution is -2.33. The number of aromatic nitrogens is 4. The molecule has 0 aromatic carbocycles. The maximum Gasteiger partial charge on any atom is 0.317 e. The van der Waals surface area contributed by atoms with E-state index in [1.165, 1.54) is 29.1 Å². The van der Waals surface area contributed by atoms with Gasteiger partial charge in [-0.15, -0.1) is 10.2 Å². The molecule has 96 valence electrons. The van der Waals surface area contributed by atoms with Crippen molar-refractivity contribution >= 4 is 22.3 Å². The Hall–Kier alpha value is -1.70. The van der Waals surface area contributed by atoms with Crippen LogP contribution >= 0.6 is 11.3 Å². The van der Waals surface area contributed by atoms with E-state index in [4.69, 9.17) is 0 Å². The Bertz CT molecular complexity index is 584. The molecular weight excluding hydrogens is 252 g/mol. The normalized spacial score (nSPS) is 15.0. The third kappa shape index (κ3) is 2.03. The highest BCUT2D eigenvalue weighted by atomic mass is 32.1. The zero-order chi connectivity index (χ0) is 12.7. The molecule has 0 aliphatic heterocycles. The van der Waals surface area contributed by atoms with Crippen molar-refractivity contribution in [3.63, 3.8) is 0 Å². The Morgan fingerprint density at radius 1 is 1.50 bits per heavy atom. The standard InChI is InChI=1S/C10H14N6OS/c1-15(2)9(17)11-5-7-14-16-8(6-3-4-6)12-13-10(16)18-7/h6H,3-5H2,1-2H3,(H,11,17). The van der Waals surface area contributed by atoms with Crippen LogP contribution in [0.4, 0.5) is 4.79 Å². The fourth-order valence-electron chi connectivity index (χ4n) is 1.65. The first-order valence-electron chi connectivity index (χ1n) is 5.81. The largest absolute Gasteiger partial charge is 0.331 e. The third-order valence-electron chi connectivity index (χ3n) is 2.80. The second-order valence-electron chi connectivity index (χ2n) is 4.58. The van der Waals surface area contributed by atoms with Gasteiger partial charge in [-0.1, -0.05) is 11.3 Å². The van der Waals surface area contributed by atoms with E-state index >= 15 is 0 Å². The van der Waals surface area contributed by atoms with Gasteiger partial charge in [-0.3, -0.25) is 0 Å². The number of fused-ring (bicyclic) bond motifs is 1. The maximum absolute atomic E-state index is 11.4. The molecule has 2 aromatic rings. The van der Waals surface area contributed by atoms with Crippen molar-refractivity contribution in [3.05, 3.63) is 10.8 Å². The molecular formula is C10H14N6OS. The van der Waals surface area contributed by atoms with Crippen molar-refractivity contribution in [2.24, 2.45) is 0 Å². The van der Waals surface area contributed by atoms with E-state index in [1.807, 2.05) is 0 Å². The average Bonchev–Trinajstić information content (AvgIpc) is 2.97. The second kappa shape index (κ2) is 4.20. The Kier molecular flexibility index (Phi) is 2.66. The SMILES string of the molecule is CN(C)C(=O)NCc1nn2c(C3CC3)nnc2s1. The van der Waals surface area contributed by atoms with E-state index in [-0.39, 0.29) is 6.03 Å². The van der Waals surface area contributed by atoms with Gasteiger partial charge >= 0.3 is 6.03 Å². The molecule has 18 heavy (non-hydrogen) atoms. The van der Waals surface area contributed by atoms with Crippen LogP contribution in [0.3, 0.4) is 0 Å². The van der Waals surface area contributed by atoms with E-state index in [1.54, 1.807) is 18.6 Å². The van der Waals surface area contributed by atoms with Gasteiger partial charge < -0.3 is 10.2 Å². The Morgan fingerprint density at radius 2 is 2.28 bits per heavy atom. The summed E-state index contributed by atoms with van der Waals surface area (Å²) in [5.74, 6) is 1.47. The number of carbonyl (C=O) groups is 1. The van der Waals surface area contributed by atoms with Gasteiger partial charge in [0, 0.05) is 20.0 Å². The highest BCUT2D eigenvalue weighted by Gasteiger charge is 2.30. The van der Waals surface area contributed by atoms with E-state index in [0.717, 1.165) is 15.8 Å². The number of hydrogen-bond donors (Lipinski definition) is 1. The summed E-state index contributed by atoms with van der Waals surface area (Å²) in [5, 5.41) is 16.3. The number of urea groups is 1. The minimum Gasteiger partial charge on any atom is -0.331 e. The van der Waals surface area contributed by atoms with Crippen molar-refractivity contribution < 1.29 is 4.79 Å². The fraction of sp³-hybridized carbons (Fsp3) is 0.600. The van der Waals surface area contributed by atoms with Gasteiger partial charge in [0.1, 0.15) is 5.01 Å². The summed E-state index contributed by atoms with van der Waals surface area (Å²) in [7, 11) is 3.41. The van der Waals surface area contributed by atoms with Crippen LogP contribution in [0.2, 0.25) is 0 Å². The van der Waals surface area contributed by atoms with Crippen molar-refractivity contribution in [3.8, 4) is 0 Å². The molecule has 8 heteroatoms. The smallest absolute Gasteiger partial charge is 0.317 e. The van der Waals surface area contributed by atoms with Gasteiger partial charge in [-0.2, -0.15) is 9.61 Å². The number of hydrogen-bond acceptors (Lipinski definition) is 5. The Labute approximate surface area is 108 Å². The molecule has 2 aromatic heterocycles. The van der Waals surface area contributed by atoms with Gasteiger partial charge in [0.2, 0.25) is 4.96 Å². The van der Waals surface area contributed by atoms with Crippen molar-refractivity contribution in [2.75, 3.05) is 14.1 Å². The molecule has 7 nitrogen and oxygen atoms in total. The predicted molar refractivity (Wildman–Crippen MR) is 66.6 cm³/mol. The van der Waals surface area contributed by atoms with E-state index < -0.39 is 0 Å². The predicted octanol–water partition coefficient (Wildman–Crippen LogP) is 0.834. The summed E-state index contributed by atoms with van der Waals surface area (Å²) in [6.07, 6.45) is 2.34. The van der Waals surface area contributed by atoms with Crippen LogP contribution in [-0.4, -0.2) is 44.8 Å². The first-order valence-corrected chi connectivity index (χ1v) is 6.63. The molecule has 1 aliphatic carbocycles. The Balaban J connectivity index is 1.75. The summed E-state index contributed by atoms with van der Waals surface area (Å²) >= 11 is 1.46. The van der Waals surface area contributed by atoms with Gasteiger partial charge in [0.05, 0.1) is 6.54 Å². The molecule has 1 aliphatic rings. The molecule has 1 saturated carbocycles. The molecule has 2 amide bonds. The first kappa shape index (κ1) is 11.4. The maximum atomic E-state index is 11.4. The van der Waals surface area contributed by atoms with Gasteiger partial charge in [-0.25, -0.2) is 4.79 Å².